The predicted octanol–water partition coefficient (Wildman–Crippen LogP) is 2.92. The van der Waals surface area contributed by atoms with Gasteiger partial charge < -0.3 is 10.4 Å². The third-order valence-corrected chi connectivity index (χ3v) is 4.77. The highest BCUT2D eigenvalue weighted by atomic mass is 35.5. The maximum absolute atomic E-state index is 9.77. The maximum Gasteiger partial charge on any atom is 0.129 e. The van der Waals surface area contributed by atoms with E-state index in [-0.39, 0.29) is 17.6 Å². The van der Waals surface area contributed by atoms with E-state index in [1.165, 1.54) is 11.7 Å². The van der Waals surface area contributed by atoms with Crippen molar-refractivity contribution in [2.24, 2.45) is 5.41 Å². The van der Waals surface area contributed by atoms with E-state index < -0.39 is 0 Å². The summed E-state index contributed by atoms with van der Waals surface area (Å²) >= 11 is 7.41. The average Bonchev–Trinajstić information content (AvgIpc) is 2.80. The Morgan fingerprint density at radius 3 is 2.89 bits per heavy atom. The van der Waals surface area contributed by atoms with Crippen LogP contribution in [0.1, 0.15) is 20.3 Å². The lowest BCUT2D eigenvalue weighted by molar-refractivity contribution is -0.0510. The Labute approximate surface area is 114 Å². The van der Waals surface area contributed by atoms with E-state index >= 15 is 0 Å². The van der Waals surface area contributed by atoms with Crippen LogP contribution in [0.3, 0.4) is 0 Å². The Hall–Kier alpha value is -0.910. The van der Waals surface area contributed by atoms with Gasteiger partial charge in [0.2, 0.25) is 0 Å². The van der Waals surface area contributed by atoms with E-state index in [9.17, 15) is 5.11 Å². The van der Waals surface area contributed by atoms with E-state index in [0.717, 1.165) is 23.1 Å². The van der Waals surface area contributed by atoms with Crippen LogP contribution in [0.25, 0.3) is 11.0 Å². The van der Waals surface area contributed by atoms with Crippen LogP contribution in [0.2, 0.25) is 5.02 Å². The number of halogens is 1. The van der Waals surface area contributed by atoms with E-state index in [1.807, 2.05) is 26.0 Å². The molecule has 4 nitrogen and oxygen atoms in total. The summed E-state index contributed by atoms with van der Waals surface area (Å²) < 4.78 is 8.48. The Morgan fingerprint density at radius 2 is 2.22 bits per heavy atom. The van der Waals surface area contributed by atoms with Gasteiger partial charge in [0.05, 0.1) is 28.5 Å². The van der Waals surface area contributed by atoms with Gasteiger partial charge in [0.1, 0.15) is 11.0 Å². The monoisotopic (exact) mass is 283 g/mol. The SMILES string of the molecule is CC1(C)C(O)CC1Nc1c(Cl)ccc2nsnc12. The first-order chi connectivity index (χ1) is 8.50. The quantitative estimate of drug-likeness (QED) is 0.890. The van der Waals surface area contributed by atoms with Gasteiger partial charge in [-0.25, -0.2) is 0 Å². The minimum absolute atomic E-state index is 0.144. The lowest BCUT2D eigenvalue weighted by Crippen LogP contribution is -2.56. The van der Waals surface area contributed by atoms with Gasteiger partial charge in [-0.3, -0.25) is 0 Å². The summed E-state index contributed by atoms with van der Waals surface area (Å²) in [5, 5.41) is 13.8. The zero-order valence-corrected chi connectivity index (χ0v) is 11.7. The average molecular weight is 284 g/mol. The van der Waals surface area contributed by atoms with E-state index in [0.29, 0.717) is 5.02 Å². The number of aliphatic hydroxyl groups excluding tert-OH is 1. The molecule has 2 atom stereocenters. The molecule has 1 saturated carbocycles. The summed E-state index contributed by atoms with van der Waals surface area (Å²) in [6.45, 7) is 4.10. The summed E-state index contributed by atoms with van der Waals surface area (Å²) in [7, 11) is 0. The largest absolute Gasteiger partial charge is 0.392 e. The van der Waals surface area contributed by atoms with Gasteiger partial charge in [0.15, 0.2) is 0 Å². The molecule has 1 aliphatic carbocycles. The molecule has 0 amide bonds. The van der Waals surface area contributed by atoms with Crippen molar-refractivity contribution in [3.63, 3.8) is 0 Å². The Kier molecular flexibility index (Phi) is 2.73. The highest BCUT2D eigenvalue weighted by Gasteiger charge is 2.47. The third-order valence-electron chi connectivity index (χ3n) is 3.91. The van der Waals surface area contributed by atoms with Crippen molar-refractivity contribution in [1.29, 1.82) is 0 Å². The van der Waals surface area contributed by atoms with Gasteiger partial charge in [0, 0.05) is 11.5 Å². The van der Waals surface area contributed by atoms with E-state index in [2.05, 4.69) is 14.1 Å². The second kappa shape index (κ2) is 4.05. The third kappa shape index (κ3) is 1.69. The summed E-state index contributed by atoms with van der Waals surface area (Å²) in [4.78, 5) is 0. The fourth-order valence-corrected chi connectivity index (χ4v) is 3.04. The maximum atomic E-state index is 9.77. The molecule has 0 bridgehead atoms. The van der Waals surface area contributed by atoms with E-state index in [1.54, 1.807) is 0 Å². The number of hydrogen-bond acceptors (Lipinski definition) is 5. The smallest absolute Gasteiger partial charge is 0.129 e. The fraction of sp³-hybridized carbons (Fsp3) is 0.500. The molecule has 96 valence electrons. The molecule has 3 rings (SSSR count). The number of nitrogens with one attached hydrogen (secondary N) is 1. The molecule has 18 heavy (non-hydrogen) atoms. The van der Waals surface area contributed by atoms with Crippen molar-refractivity contribution < 1.29 is 5.11 Å². The molecular weight excluding hydrogens is 270 g/mol. The number of hydrogen-bond donors (Lipinski definition) is 2. The summed E-state index contributed by atoms with van der Waals surface area (Å²) in [5.74, 6) is 0. The molecule has 1 aromatic carbocycles. The zero-order chi connectivity index (χ0) is 12.9. The lowest BCUT2D eigenvalue weighted by atomic mass is 9.64. The summed E-state index contributed by atoms with van der Waals surface area (Å²) in [6, 6.07) is 3.90. The molecule has 2 aromatic rings. The van der Waals surface area contributed by atoms with Crippen LogP contribution in [0.4, 0.5) is 5.69 Å². The van der Waals surface area contributed by atoms with Crippen molar-refractivity contribution in [3.8, 4) is 0 Å². The van der Waals surface area contributed by atoms with Crippen LogP contribution < -0.4 is 5.32 Å². The molecule has 2 N–H and O–H groups in total. The molecule has 2 unspecified atom stereocenters. The standard InChI is InChI=1S/C12H14ClN3OS/c1-12(2)8(5-9(12)17)14-10-6(13)3-4-7-11(10)16-18-15-7/h3-4,8-9,14,17H,5H2,1-2H3. The number of nitrogens with zero attached hydrogens (tertiary/aromatic N) is 2. The Bertz CT molecular complexity index is 598. The van der Waals surface area contributed by atoms with Crippen LogP contribution in [-0.2, 0) is 0 Å². The molecule has 0 spiro atoms. The van der Waals surface area contributed by atoms with Gasteiger partial charge in [-0.15, -0.1) is 0 Å². The summed E-state index contributed by atoms with van der Waals surface area (Å²) in [5.41, 5.74) is 2.34. The number of rotatable bonds is 2. The number of aromatic nitrogens is 2. The zero-order valence-electron chi connectivity index (χ0n) is 10.1. The van der Waals surface area contributed by atoms with Crippen LogP contribution >= 0.6 is 23.3 Å². The number of anilines is 1. The number of fused-ring (bicyclic) bond motifs is 1. The van der Waals surface area contributed by atoms with Crippen LogP contribution in [-0.4, -0.2) is 26.0 Å². The molecule has 1 aliphatic rings. The molecule has 0 aliphatic heterocycles. The lowest BCUT2D eigenvalue weighted by Gasteiger charge is -2.49. The molecule has 6 heteroatoms. The first kappa shape index (κ1) is 12.1. The minimum Gasteiger partial charge on any atom is -0.392 e. The van der Waals surface area contributed by atoms with Crippen molar-refractivity contribution in [3.05, 3.63) is 17.2 Å². The van der Waals surface area contributed by atoms with Gasteiger partial charge in [0.25, 0.3) is 0 Å². The number of aliphatic hydroxyl groups is 1. The van der Waals surface area contributed by atoms with Gasteiger partial charge in [-0.2, -0.15) is 8.75 Å². The van der Waals surface area contributed by atoms with Crippen molar-refractivity contribution >= 4 is 40.0 Å². The van der Waals surface area contributed by atoms with Gasteiger partial charge in [-0.1, -0.05) is 25.4 Å². The van der Waals surface area contributed by atoms with E-state index in [4.69, 9.17) is 11.6 Å². The number of benzene rings is 1. The van der Waals surface area contributed by atoms with Crippen LogP contribution in [0, 0.1) is 5.41 Å². The first-order valence-electron chi connectivity index (χ1n) is 5.85. The molecule has 1 heterocycles. The van der Waals surface area contributed by atoms with Crippen molar-refractivity contribution in [1.82, 2.24) is 8.75 Å². The van der Waals surface area contributed by atoms with Gasteiger partial charge in [-0.05, 0) is 18.6 Å². The normalized spacial score (nSPS) is 26.0. The first-order valence-corrected chi connectivity index (χ1v) is 6.96. The minimum atomic E-state index is -0.262. The molecule has 0 saturated heterocycles. The highest BCUT2D eigenvalue weighted by Crippen LogP contribution is 2.44. The van der Waals surface area contributed by atoms with Crippen molar-refractivity contribution in [2.45, 2.75) is 32.4 Å². The second-order valence-corrected chi connectivity index (χ2v) is 6.26. The van der Waals surface area contributed by atoms with Crippen LogP contribution in [0.15, 0.2) is 12.1 Å². The molecular formula is C12H14ClN3OS. The Balaban J connectivity index is 1.96. The van der Waals surface area contributed by atoms with Gasteiger partial charge >= 0.3 is 0 Å². The fourth-order valence-electron chi connectivity index (χ4n) is 2.29. The molecule has 1 aromatic heterocycles. The Morgan fingerprint density at radius 1 is 1.44 bits per heavy atom. The highest BCUT2D eigenvalue weighted by molar-refractivity contribution is 7.00. The molecule has 1 fully saturated rings. The summed E-state index contributed by atoms with van der Waals surface area (Å²) in [6.07, 6.45) is 0.471. The predicted molar refractivity (Wildman–Crippen MR) is 74.2 cm³/mol. The van der Waals surface area contributed by atoms with Crippen LogP contribution in [0.5, 0.6) is 0 Å². The molecule has 0 radical (unpaired) electrons. The second-order valence-electron chi connectivity index (χ2n) is 5.32. The van der Waals surface area contributed by atoms with Crippen molar-refractivity contribution in [2.75, 3.05) is 5.32 Å². The topological polar surface area (TPSA) is 58.0 Å².